The van der Waals surface area contributed by atoms with E-state index in [-0.39, 0.29) is 5.76 Å². The third-order valence-electron chi connectivity index (χ3n) is 1.64. The average Bonchev–Trinajstić information content (AvgIpc) is 2.30. The van der Waals surface area contributed by atoms with Crippen molar-refractivity contribution in [2.24, 2.45) is 0 Å². The molecule has 0 aromatic rings. The molecule has 1 heterocycles. The Labute approximate surface area is 97.4 Å². The van der Waals surface area contributed by atoms with Crippen LogP contribution in [0.1, 0.15) is 0 Å². The van der Waals surface area contributed by atoms with Crippen molar-refractivity contribution in [2.75, 3.05) is 18.1 Å². The molecule has 0 radical (unpaired) electrons. The molecule has 1 aliphatic rings. The number of carbonyl (C=O) groups excluding carboxylic acids is 2. The first-order valence-electron chi connectivity index (χ1n) is 4.57. The molecular weight excluding hydrogens is 232 g/mol. The highest BCUT2D eigenvalue weighted by atomic mass is 32.2. The van der Waals surface area contributed by atoms with Crippen molar-refractivity contribution < 1.29 is 23.8 Å². The van der Waals surface area contributed by atoms with Crippen LogP contribution in [0.15, 0.2) is 25.0 Å². The summed E-state index contributed by atoms with van der Waals surface area (Å²) in [5.74, 6) is -0.484. The summed E-state index contributed by atoms with van der Waals surface area (Å²) < 4.78 is 14.6. The molecule has 5 nitrogen and oxygen atoms in total. The fourth-order valence-corrected chi connectivity index (χ4v) is 1.66. The molecule has 1 aliphatic heterocycles. The molecule has 16 heavy (non-hydrogen) atoms. The van der Waals surface area contributed by atoms with Gasteiger partial charge in [0.25, 0.3) is 0 Å². The Kier molecular flexibility index (Phi) is 5.07. The third-order valence-corrected chi connectivity index (χ3v) is 2.61. The molecule has 0 bridgehead atoms. The fourth-order valence-electron chi connectivity index (χ4n) is 0.924. The van der Waals surface area contributed by atoms with Gasteiger partial charge in [0.15, 0.2) is 0 Å². The zero-order chi connectivity index (χ0) is 12.0. The van der Waals surface area contributed by atoms with Crippen molar-refractivity contribution in [3.63, 3.8) is 0 Å². The lowest BCUT2D eigenvalue weighted by Gasteiger charge is -2.22. The summed E-state index contributed by atoms with van der Waals surface area (Å²) in [5, 5.41) is 0. The van der Waals surface area contributed by atoms with E-state index in [4.69, 9.17) is 9.47 Å². The minimum Gasteiger partial charge on any atom is -0.429 e. The van der Waals surface area contributed by atoms with Gasteiger partial charge in [-0.2, -0.15) is 11.8 Å². The molecule has 1 atom stereocenters. The smallest absolute Gasteiger partial charge is 0.376 e. The van der Waals surface area contributed by atoms with Crippen LogP contribution in [0.3, 0.4) is 0 Å². The van der Waals surface area contributed by atoms with Gasteiger partial charge in [-0.15, -0.1) is 0 Å². The van der Waals surface area contributed by atoms with Crippen LogP contribution in [-0.2, 0) is 23.8 Å². The molecule has 1 unspecified atom stereocenters. The predicted octanol–water partition coefficient (Wildman–Crippen LogP) is 0.862. The molecule has 0 amide bonds. The van der Waals surface area contributed by atoms with Crippen LogP contribution < -0.4 is 0 Å². The minimum absolute atomic E-state index is 0.371. The normalized spacial score (nSPS) is 19.6. The molecule has 88 valence electrons. The second kappa shape index (κ2) is 6.34. The van der Waals surface area contributed by atoms with E-state index in [1.807, 2.05) is 0 Å². The van der Waals surface area contributed by atoms with E-state index in [0.29, 0.717) is 12.4 Å². The van der Waals surface area contributed by atoms with Crippen LogP contribution in [0.25, 0.3) is 0 Å². The van der Waals surface area contributed by atoms with Crippen molar-refractivity contribution in [1.82, 2.24) is 0 Å². The highest BCUT2D eigenvalue weighted by Gasteiger charge is 2.21. The van der Waals surface area contributed by atoms with Crippen LogP contribution in [0.2, 0.25) is 0 Å². The Morgan fingerprint density at radius 3 is 2.81 bits per heavy atom. The zero-order valence-electron chi connectivity index (χ0n) is 8.64. The maximum atomic E-state index is 11.3. The van der Waals surface area contributed by atoms with E-state index in [1.54, 1.807) is 11.8 Å². The quantitative estimate of drug-likeness (QED) is 0.415. The van der Waals surface area contributed by atoms with Gasteiger partial charge < -0.3 is 14.2 Å². The first-order valence-corrected chi connectivity index (χ1v) is 5.72. The van der Waals surface area contributed by atoms with Crippen molar-refractivity contribution in [1.29, 1.82) is 0 Å². The van der Waals surface area contributed by atoms with Gasteiger partial charge in [-0.3, -0.25) is 0 Å². The second-order valence-electron chi connectivity index (χ2n) is 2.83. The van der Waals surface area contributed by atoms with Crippen molar-refractivity contribution in [2.45, 2.75) is 6.29 Å². The van der Waals surface area contributed by atoms with Gasteiger partial charge in [0.2, 0.25) is 12.0 Å². The van der Waals surface area contributed by atoms with E-state index in [9.17, 15) is 9.59 Å². The second-order valence-corrected chi connectivity index (χ2v) is 3.98. The Morgan fingerprint density at radius 2 is 2.25 bits per heavy atom. The molecule has 0 aromatic heterocycles. The minimum atomic E-state index is -0.803. The Bertz CT molecular complexity index is 306. The van der Waals surface area contributed by atoms with E-state index in [1.165, 1.54) is 0 Å². The van der Waals surface area contributed by atoms with Crippen molar-refractivity contribution in [3.05, 3.63) is 25.0 Å². The van der Waals surface area contributed by atoms with Gasteiger partial charge in [0, 0.05) is 11.8 Å². The topological polar surface area (TPSA) is 61.8 Å². The van der Waals surface area contributed by atoms with E-state index in [2.05, 4.69) is 17.9 Å². The SMILES string of the molecule is C=CC(=O)OC(=C)C(=O)OC1CSCCO1. The number of carbonyl (C=O) groups is 2. The summed E-state index contributed by atoms with van der Waals surface area (Å²) in [4.78, 5) is 22.1. The average molecular weight is 244 g/mol. The van der Waals surface area contributed by atoms with Crippen LogP contribution in [-0.4, -0.2) is 36.3 Å². The van der Waals surface area contributed by atoms with Gasteiger partial charge >= 0.3 is 11.9 Å². The van der Waals surface area contributed by atoms with Gasteiger partial charge in [0.1, 0.15) is 0 Å². The summed E-state index contributed by atoms with van der Waals surface area (Å²) in [6.07, 6.45) is 0.330. The Hall–Kier alpha value is -1.27. The maximum Gasteiger partial charge on any atom is 0.376 e. The van der Waals surface area contributed by atoms with Crippen LogP contribution in [0, 0.1) is 0 Å². The molecule has 6 heteroatoms. The molecule has 0 aliphatic carbocycles. The molecular formula is C10H12O5S. The van der Waals surface area contributed by atoms with Gasteiger partial charge in [-0.1, -0.05) is 6.58 Å². The van der Waals surface area contributed by atoms with E-state index in [0.717, 1.165) is 11.8 Å². The number of ether oxygens (including phenoxy) is 3. The molecule has 1 rings (SSSR count). The number of hydrogen-bond acceptors (Lipinski definition) is 6. The lowest BCUT2D eigenvalue weighted by atomic mass is 10.5. The molecule has 1 fully saturated rings. The first kappa shape index (κ1) is 12.8. The maximum absolute atomic E-state index is 11.3. The highest BCUT2D eigenvalue weighted by molar-refractivity contribution is 7.99. The largest absolute Gasteiger partial charge is 0.429 e. The van der Waals surface area contributed by atoms with E-state index < -0.39 is 18.2 Å². The molecule has 1 saturated heterocycles. The summed E-state index contributed by atoms with van der Waals surface area (Å²) in [5.41, 5.74) is 0. The first-order chi connectivity index (χ1) is 7.63. The van der Waals surface area contributed by atoms with Gasteiger partial charge in [-0.25, -0.2) is 9.59 Å². The number of esters is 2. The van der Waals surface area contributed by atoms with Crippen LogP contribution in [0.4, 0.5) is 0 Å². The van der Waals surface area contributed by atoms with Gasteiger partial charge in [0.05, 0.1) is 12.4 Å². The predicted molar refractivity (Wildman–Crippen MR) is 58.6 cm³/mol. The number of rotatable bonds is 4. The molecule has 0 aromatic carbocycles. The van der Waals surface area contributed by atoms with Gasteiger partial charge in [-0.05, 0) is 6.58 Å². The third kappa shape index (κ3) is 4.08. The Balaban J connectivity index is 2.35. The lowest BCUT2D eigenvalue weighted by molar-refractivity contribution is -0.174. The summed E-state index contributed by atoms with van der Waals surface area (Å²) in [6, 6.07) is 0. The van der Waals surface area contributed by atoms with Crippen LogP contribution >= 0.6 is 11.8 Å². The Morgan fingerprint density at radius 1 is 1.50 bits per heavy atom. The van der Waals surface area contributed by atoms with Crippen molar-refractivity contribution in [3.8, 4) is 0 Å². The van der Waals surface area contributed by atoms with E-state index >= 15 is 0 Å². The molecule has 0 N–H and O–H groups in total. The summed E-state index contributed by atoms with van der Waals surface area (Å²) in [6.45, 7) is 7.00. The lowest BCUT2D eigenvalue weighted by Crippen LogP contribution is -2.29. The summed E-state index contributed by atoms with van der Waals surface area (Å²) >= 11 is 1.62. The monoisotopic (exact) mass is 244 g/mol. The van der Waals surface area contributed by atoms with Crippen molar-refractivity contribution >= 4 is 23.7 Å². The molecule has 0 saturated carbocycles. The summed E-state index contributed by atoms with van der Waals surface area (Å²) in [7, 11) is 0. The fraction of sp³-hybridized carbons (Fsp3) is 0.400. The molecule has 0 spiro atoms. The number of hydrogen-bond donors (Lipinski definition) is 0. The standard InChI is InChI=1S/C10H12O5S/c1-3-8(11)14-7(2)10(12)15-9-6-16-5-4-13-9/h3,9H,1-2,4-6H2. The van der Waals surface area contributed by atoms with Crippen LogP contribution in [0.5, 0.6) is 0 Å². The highest BCUT2D eigenvalue weighted by Crippen LogP contribution is 2.14. The number of thioether (sulfide) groups is 1. The zero-order valence-corrected chi connectivity index (χ0v) is 9.46.